The van der Waals surface area contributed by atoms with Gasteiger partial charge in [-0.3, -0.25) is 0 Å². The maximum atomic E-state index is 12.1. The average Bonchev–Trinajstić information content (AvgIpc) is 2.15. The molecule has 0 aromatic carbocycles. The normalized spacial score (nSPS) is 12.1. The first kappa shape index (κ1) is 16.2. The summed E-state index contributed by atoms with van der Waals surface area (Å²) in [6.45, 7) is 15.1. The fraction of sp³-hybridized carbons (Fsp3) is 0.625. The molecule has 1 aromatic rings. The zero-order valence-electron chi connectivity index (χ0n) is 13.3. The molecule has 0 aliphatic carbocycles. The summed E-state index contributed by atoms with van der Waals surface area (Å²) in [6.07, 6.45) is 1.59. The van der Waals surface area contributed by atoms with E-state index in [2.05, 4.69) is 60.5 Å². The molecular formula is C16H26B2O. The van der Waals surface area contributed by atoms with Crippen LogP contribution in [0.25, 0.3) is 0 Å². The molecule has 1 aromatic heterocycles. The second-order valence-corrected chi connectivity index (χ2v) is 7.96. The van der Waals surface area contributed by atoms with Gasteiger partial charge in [-0.05, 0) is 0 Å². The molecule has 0 N–H and O–H groups in total. The Morgan fingerprint density at radius 1 is 1.16 bits per heavy atom. The van der Waals surface area contributed by atoms with Gasteiger partial charge in [-0.15, -0.1) is 0 Å². The van der Waals surface area contributed by atoms with E-state index in [1.54, 1.807) is 0 Å². The van der Waals surface area contributed by atoms with E-state index < -0.39 is 0 Å². The van der Waals surface area contributed by atoms with E-state index in [-0.39, 0.29) is 10.7 Å². The standard InChI is InChI=1S/C16H26B2O/c1-15(2,3)10-13-11-17-8-7-12(13)9-14(19)18-16(4,5)6/h7-8,11,18H,9-10H2,1-6H3. The molecule has 0 saturated heterocycles. The van der Waals surface area contributed by atoms with Crippen molar-refractivity contribution in [3.05, 3.63) is 29.1 Å². The first-order valence-corrected chi connectivity index (χ1v) is 7.15. The van der Waals surface area contributed by atoms with Gasteiger partial charge in [0.15, 0.2) is 0 Å². The van der Waals surface area contributed by atoms with Crippen molar-refractivity contribution in [2.45, 2.75) is 59.7 Å². The molecule has 102 valence electrons. The number of carbonyl (C=O) groups is 1. The summed E-state index contributed by atoms with van der Waals surface area (Å²) in [4.78, 5) is 12.1. The minimum absolute atomic E-state index is 0.0794. The first-order chi connectivity index (χ1) is 8.57. The van der Waals surface area contributed by atoms with Crippen LogP contribution in [0.15, 0.2) is 18.0 Å². The molecule has 0 spiro atoms. The van der Waals surface area contributed by atoms with Gasteiger partial charge in [0.2, 0.25) is 0 Å². The summed E-state index contributed by atoms with van der Waals surface area (Å²) >= 11 is 0. The molecule has 0 radical (unpaired) electrons. The molecule has 1 heterocycles. The molecule has 0 unspecified atom stereocenters. The third-order valence-electron chi connectivity index (χ3n) is 2.95. The van der Waals surface area contributed by atoms with Gasteiger partial charge in [0.25, 0.3) is 0 Å². The van der Waals surface area contributed by atoms with Crippen LogP contribution in [0.2, 0.25) is 5.31 Å². The van der Waals surface area contributed by atoms with Gasteiger partial charge in [-0.2, -0.15) is 0 Å². The Morgan fingerprint density at radius 2 is 1.79 bits per heavy atom. The van der Waals surface area contributed by atoms with E-state index in [1.807, 2.05) is 5.96 Å². The van der Waals surface area contributed by atoms with Crippen molar-refractivity contribution >= 4 is 19.9 Å². The molecule has 1 nitrogen and oxygen atoms in total. The van der Waals surface area contributed by atoms with Gasteiger partial charge in [0.1, 0.15) is 0 Å². The Morgan fingerprint density at radius 3 is 2.32 bits per heavy atom. The van der Waals surface area contributed by atoms with Gasteiger partial charge < -0.3 is 0 Å². The fourth-order valence-corrected chi connectivity index (χ4v) is 2.34. The molecular weight excluding hydrogens is 230 g/mol. The van der Waals surface area contributed by atoms with Crippen molar-refractivity contribution in [3.63, 3.8) is 0 Å². The van der Waals surface area contributed by atoms with E-state index in [4.69, 9.17) is 0 Å². The van der Waals surface area contributed by atoms with E-state index in [9.17, 15) is 4.79 Å². The van der Waals surface area contributed by atoms with Gasteiger partial charge in [-0.25, -0.2) is 0 Å². The van der Waals surface area contributed by atoms with Crippen molar-refractivity contribution in [1.82, 2.24) is 0 Å². The fourth-order valence-electron chi connectivity index (χ4n) is 2.34. The summed E-state index contributed by atoms with van der Waals surface area (Å²) < 4.78 is 0. The Labute approximate surface area is 119 Å². The van der Waals surface area contributed by atoms with E-state index in [1.165, 1.54) is 11.1 Å². The second-order valence-electron chi connectivity index (χ2n) is 7.96. The van der Waals surface area contributed by atoms with Crippen LogP contribution in [-0.4, -0.2) is 19.9 Å². The zero-order chi connectivity index (χ0) is 14.7. The number of carbonyl (C=O) groups excluding carboxylic acids is 1. The zero-order valence-corrected chi connectivity index (χ0v) is 13.3. The van der Waals surface area contributed by atoms with Crippen LogP contribution in [-0.2, 0) is 17.6 Å². The van der Waals surface area contributed by atoms with Crippen molar-refractivity contribution in [1.29, 1.82) is 0 Å². The van der Waals surface area contributed by atoms with Gasteiger partial charge >= 0.3 is 119 Å². The summed E-state index contributed by atoms with van der Waals surface area (Å²) in [5.74, 6) is 4.19. The Bertz CT molecular complexity index is 439. The summed E-state index contributed by atoms with van der Waals surface area (Å²) in [6, 6.07) is 2.10. The van der Waals surface area contributed by atoms with Crippen molar-refractivity contribution in [2.75, 3.05) is 0 Å². The second kappa shape index (κ2) is 6.07. The monoisotopic (exact) mass is 256 g/mol. The Balaban J connectivity index is 2.81. The van der Waals surface area contributed by atoms with Crippen LogP contribution in [0.1, 0.15) is 52.7 Å². The Hall–Kier alpha value is -0.850. The van der Waals surface area contributed by atoms with Crippen LogP contribution >= 0.6 is 0 Å². The quantitative estimate of drug-likeness (QED) is 0.755. The molecule has 0 atom stereocenters. The van der Waals surface area contributed by atoms with Gasteiger partial charge in [0, 0.05) is 0 Å². The van der Waals surface area contributed by atoms with Crippen LogP contribution < -0.4 is 0 Å². The third kappa shape index (κ3) is 6.75. The van der Waals surface area contributed by atoms with Crippen molar-refractivity contribution < 1.29 is 4.79 Å². The van der Waals surface area contributed by atoms with E-state index in [0.717, 1.165) is 6.42 Å². The number of hydrogen-bond donors (Lipinski definition) is 0. The molecule has 0 fully saturated rings. The van der Waals surface area contributed by atoms with Crippen LogP contribution in [0.3, 0.4) is 0 Å². The van der Waals surface area contributed by atoms with Crippen LogP contribution in [0.4, 0.5) is 0 Å². The molecule has 19 heavy (non-hydrogen) atoms. The SMILES string of the molecule is CC(C)(C)BC(=O)Cc1ccbcc1CC(C)(C)C. The predicted molar refractivity (Wildman–Crippen MR) is 86.5 cm³/mol. The minimum atomic E-state index is 0.0794. The summed E-state index contributed by atoms with van der Waals surface area (Å²) in [5, 5.41) is 0.0794. The number of hydrogen-bond acceptors (Lipinski definition) is 1. The van der Waals surface area contributed by atoms with Crippen molar-refractivity contribution in [2.24, 2.45) is 5.41 Å². The molecule has 0 aliphatic rings. The average molecular weight is 256 g/mol. The Kier molecular flexibility index (Phi) is 5.18. The van der Waals surface area contributed by atoms with Crippen molar-refractivity contribution in [3.8, 4) is 0 Å². The first-order valence-electron chi connectivity index (χ1n) is 7.15. The van der Waals surface area contributed by atoms with E-state index >= 15 is 0 Å². The van der Waals surface area contributed by atoms with Gasteiger partial charge in [-0.1, -0.05) is 0 Å². The topological polar surface area (TPSA) is 17.1 Å². The van der Waals surface area contributed by atoms with Crippen LogP contribution in [0, 0.1) is 5.41 Å². The maximum absolute atomic E-state index is 12.1. The molecule has 0 bridgehead atoms. The number of rotatable bonds is 4. The molecule has 0 saturated carbocycles. The van der Waals surface area contributed by atoms with Gasteiger partial charge in [0.05, 0.1) is 0 Å². The molecule has 1 rings (SSSR count). The summed E-state index contributed by atoms with van der Waals surface area (Å²) in [7, 11) is 0.650. The molecule has 0 amide bonds. The van der Waals surface area contributed by atoms with E-state index in [0.29, 0.717) is 19.4 Å². The predicted octanol–water partition coefficient (Wildman–Crippen LogP) is 3.34. The summed E-state index contributed by atoms with van der Waals surface area (Å²) in [5.41, 5.74) is 3.11. The molecule has 3 heteroatoms. The molecule has 0 aliphatic heterocycles. The van der Waals surface area contributed by atoms with Crippen LogP contribution in [0.5, 0.6) is 0 Å². The third-order valence-corrected chi connectivity index (χ3v) is 2.95.